The fourth-order valence-corrected chi connectivity index (χ4v) is 4.77. The number of Topliss-reactive ketones (excluding diaryl/α,β-unsaturated/α-hetero) is 1. The lowest BCUT2D eigenvalue weighted by Crippen LogP contribution is -2.31. The lowest BCUT2D eigenvalue weighted by atomic mass is 9.94. The minimum atomic E-state index is -0.657. The fourth-order valence-electron chi connectivity index (χ4n) is 4.77. The third-order valence-electron chi connectivity index (χ3n) is 6.48. The number of ether oxygens (including phenoxy) is 1. The molecule has 2 aromatic carbocycles. The summed E-state index contributed by atoms with van der Waals surface area (Å²) in [5.74, 6) is -0.603. The standard InChI is InChI=1S/C27H27N3O4/c1-17-4-6-19(7-5-17)24-23(25(31)20-8-9-22-21(15-20)14-18(2)34-22)26(32)27(33)30(24)12-3-11-29-13-10-28-16-29/h4-10,13,15-16,18,24,31H,3,11-12,14H2,1-2H3/b25-23+/t18-,24-/m1/s1. The average molecular weight is 458 g/mol. The second-order valence-electron chi connectivity index (χ2n) is 9.01. The van der Waals surface area contributed by atoms with Crippen LogP contribution in [-0.2, 0) is 22.6 Å². The normalized spacial score (nSPS) is 21.1. The van der Waals surface area contributed by atoms with Crippen molar-refractivity contribution in [1.82, 2.24) is 14.5 Å². The monoisotopic (exact) mass is 457 g/mol. The third kappa shape index (κ3) is 3.98. The number of nitrogens with zero attached hydrogens (tertiary/aromatic N) is 3. The van der Waals surface area contributed by atoms with Crippen LogP contribution in [-0.4, -0.2) is 43.9 Å². The topological polar surface area (TPSA) is 84.7 Å². The van der Waals surface area contributed by atoms with Gasteiger partial charge in [0.15, 0.2) is 0 Å². The molecule has 1 N–H and O–H groups in total. The number of carbonyl (C=O) groups excluding carboxylic acids is 2. The minimum Gasteiger partial charge on any atom is -0.507 e. The Kier molecular flexibility index (Phi) is 5.69. The van der Waals surface area contributed by atoms with Gasteiger partial charge in [0, 0.05) is 37.5 Å². The SMILES string of the molecule is Cc1ccc([C@@H]2/C(=C(\O)c3ccc4c(c3)C[C@@H](C)O4)C(=O)C(=O)N2CCCn2ccnc2)cc1. The van der Waals surface area contributed by atoms with Gasteiger partial charge in [0.25, 0.3) is 11.7 Å². The van der Waals surface area contributed by atoms with Crippen molar-refractivity contribution in [1.29, 1.82) is 0 Å². The molecule has 1 saturated heterocycles. The Morgan fingerprint density at radius 3 is 2.68 bits per heavy atom. The maximum atomic E-state index is 13.2. The highest BCUT2D eigenvalue weighted by Gasteiger charge is 2.45. The first-order valence-electron chi connectivity index (χ1n) is 11.5. The van der Waals surface area contributed by atoms with Gasteiger partial charge in [-0.05, 0) is 49.6 Å². The summed E-state index contributed by atoms with van der Waals surface area (Å²) in [5.41, 5.74) is 3.51. The van der Waals surface area contributed by atoms with Crippen molar-refractivity contribution >= 4 is 17.4 Å². The number of fused-ring (bicyclic) bond motifs is 1. The Hall–Kier alpha value is -3.87. The number of amides is 1. The van der Waals surface area contributed by atoms with Crippen molar-refractivity contribution < 1.29 is 19.4 Å². The Labute approximate surface area is 198 Å². The number of aliphatic hydroxyl groups excluding tert-OH is 1. The minimum absolute atomic E-state index is 0.0704. The number of likely N-dealkylation sites (tertiary alicyclic amines) is 1. The highest BCUT2D eigenvalue weighted by molar-refractivity contribution is 6.46. The van der Waals surface area contributed by atoms with Crippen LogP contribution in [0.2, 0.25) is 0 Å². The molecule has 7 heteroatoms. The number of carbonyl (C=O) groups is 2. The van der Waals surface area contributed by atoms with Gasteiger partial charge in [-0.3, -0.25) is 9.59 Å². The molecule has 3 heterocycles. The smallest absolute Gasteiger partial charge is 0.295 e. The van der Waals surface area contributed by atoms with E-state index in [1.54, 1.807) is 23.5 Å². The molecule has 7 nitrogen and oxygen atoms in total. The van der Waals surface area contributed by atoms with Crippen molar-refractivity contribution in [3.05, 3.63) is 89.0 Å². The van der Waals surface area contributed by atoms with Crippen molar-refractivity contribution in [3.63, 3.8) is 0 Å². The number of aromatic nitrogens is 2. The number of ketones is 1. The zero-order valence-corrected chi connectivity index (χ0v) is 19.3. The van der Waals surface area contributed by atoms with E-state index in [1.807, 2.05) is 61.0 Å². The molecule has 2 aliphatic heterocycles. The van der Waals surface area contributed by atoms with Crippen molar-refractivity contribution in [2.24, 2.45) is 0 Å². The largest absolute Gasteiger partial charge is 0.507 e. The van der Waals surface area contributed by atoms with Gasteiger partial charge in [-0.2, -0.15) is 0 Å². The lowest BCUT2D eigenvalue weighted by molar-refractivity contribution is -0.139. The summed E-state index contributed by atoms with van der Waals surface area (Å²) in [6.45, 7) is 5.03. The van der Waals surface area contributed by atoms with Crippen LogP contribution in [0.15, 0.2) is 66.8 Å². The van der Waals surface area contributed by atoms with Crippen molar-refractivity contribution in [2.75, 3.05) is 6.54 Å². The first-order valence-corrected chi connectivity index (χ1v) is 11.5. The molecule has 0 saturated carbocycles. The number of imidazole rings is 1. The predicted molar refractivity (Wildman–Crippen MR) is 127 cm³/mol. The van der Waals surface area contributed by atoms with Gasteiger partial charge in [0.05, 0.1) is 17.9 Å². The number of hydrogen-bond donors (Lipinski definition) is 1. The average Bonchev–Trinajstić information content (AvgIpc) is 3.53. The molecule has 0 bridgehead atoms. The Balaban J connectivity index is 1.52. The highest BCUT2D eigenvalue weighted by atomic mass is 16.5. The molecule has 0 aliphatic carbocycles. The van der Waals surface area contributed by atoms with E-state index >= 15 is 0 Å². The van der Waals surface area contributed by atoms with E-state index in [-0.39, 0.29) is 17.4 Å². The van der Waals surface area contributed by atoms with E-state index < -0.39 is 17.7 Å². The molecule has 1 fully saturated rings. The zero-order valence-electron chi connectivity index (χ0n) is 19.3. The number of aryl methyl sites for hydroxylation is 2. The quantitative estimate of drug-likeness (QED) is 0.343. The summed E-state index contributed by atoms with van der Waals surface area (Å²) in [4.78, 5) is 32.0. The van der Waals surface area contributed by atoms with E-state index in [4.69, 9.17) is 4.74 Å². The fraction of sp³-hybridized carbons (Fsp3) is 0.296. The van der Waals surface area contributed by atoms with Crippen LogP contribution >= 0.6 is 0 Å². The first-order chi connectivity index (χ1) is 16.4. The van der Waals surface area contributed by atoms with Gasteiger partial charge in [-0.1, -0.05) is 29.8 Å². The molecule has 1 amide bonds. The van der Waals surface area contributed by atoms with Gasteiger partial charge in [-0.15, -0.1) is 0 Å². The summed E-state index contributed by atoms with van der Waals surface area (Å²) in [6.07, 6.45) is 6.76. The Morgan fingerprint density at radius 1 is 1.15 bits per heavy atom. The maximum Gasteiger partial charge on any atom is 0.295 e. The lowest BCUT2D eigenvalue weighted by Gasteiger charge is -2.25. The Morgan fingerprint density at radius 2 is 1.94 bits per heavy atom. The zero-order chi connectivity index (χ0) is 23.8. The van der Waals surface area contributed by atoms with Gasteiger partial charge >= 0.3 is 0 Å². The summed E-state index contributed by atoms with van der Waals surface area (Å²) < 4.78 is 7.70. The molecule has 174 valence electrons. The van der Waals surface area contributed by atoms with E-state index in [2.05, 4.69) is 4.98 Å². The number of benzene rings is 2. The Bertz CT molecular complexity index is 1260. The number of rotatable bonds is 6. The van der Waals surface area contributed by atoms with Crippen LogP contribution in [0, 0.1) is 6.92 Å². The molecule has 0 radical (unpaired) electrons. The first kappa shape index (κ1) is 21.9. The molecule has 5 rings (SSSR count). The van der Waals surface area contributed by atoms with Crippen molar-refractivity contribution in [3.8, 4) is 5.75 Å². The van der Waals surface area contributed by atoms with E-state index in [9.17, 15) is 14.7 Å². The number of aliphatic hydroxyl groups is 1. The third-order valence-corrected chi connectivity index (χ3v) is 6.48. The summed E-state index contributed by atoms with van der Waals surface area (Å²) in [6, 6.07) is 12.5. The van der Waals surface area contributed by atoms with Crippen LogP contribution in [0.4, 0.5) is 0 Å². The van der Waals surface area contributed by atoms with E-state index in [0.29, 0.717) is 25.1 Å². The van der Waals surface area contributed by atoms with Gasteiger partial charge in [0.2, 0.25) is 0 Å². The molecule has 0 unspecified atom stereocenters. The molecule has 3 aromatic rings. The summed E-state index contributed by atoms with van der Waals surface area (Å²) >= 11 is 0. The molecule has 0 spiro atoms. The van der Waals surface area contributed by atoms with Gasteiger partial charge < -0.3 is 19.3 Å². The van der Waals surface area contributed by atoms with E-state index in [0.717, 1.165) is 28.9 Å². The molecule has 2 atom stereocenters. The summed E-state index contributed by atoms with van der Waals surface area (Å²) in [7, 11) is 0. The maximum absolute atomic E-state index is 13.2. The number of hydrogen-bond acceptors (Lipinski definition) is 5. The van der Waals surface area contributed by atoms with E-state index in [1.165, 1.54) is 0 Å². The van der Waals surface area contributed by atoms with Gasteiger partial charge in [-0.25, -0.2) is 4.98 Å². The van der Waals surface area contributed by atoms with Crippen LogP contribution in [0.25, 0.3) is 5.76 Å². The summed E-state index contributed by atoms with van der Waals surface area (Å²) in [5, 5.41) is 11.3. The van der Waals surface area contributed by atoms with Crippen LogP contribution in [0.1, 0.15) is 41.6 Å². The second kappa shape index (κ2) is 8.82. The van der Waals surface area contributed by atoms with Crippen LogP contribution in [0.3, 0.4) is 0 Å². The highest BCUT2D eigenvalue weighted by Crippen LogP contribution is 2.40. The molecule has 1 aromatic heterocycles. The molecule has 34 heavy (non-hydrogen) atoms. The van der Waals surface area contributed by atoms with Crippen LogP contribution in [0.5, 0.6) is 5.75 Å². The molecule has 2 aliphatic rings. The van der Waals surface area contributed by atoms with Crippen molar-refractivity contribution in [2.45, 2.75) is 45.4 Å². The van der Waals surface area contributed by atoms with Gasteiger partial charge in [0.1, 0.15) is 17.6 Å². The molecular formula is C27H27N3O4. The molecular weight excluding hydrogens is 430 g/mol. The van der Waals surface area contributed by atoms with Crippen LogP contribution < -0.4 is 4.74 Å². The predicted octanol–water partition coefficient (Wildman–Crippen LogP) is 4.03. The second-order valence-corrected chi connectivity index (χ2v) is 9.01.